The number of nitrogens with zero attached hydrogens (tertiary/aromatic N) is 2. The summed E-state index contributed by atoms with van der Waals surface area (Å²) in [5, 5.41) is 0.808. The largest absolute Gasteiger partial charge is 0.497 e. The van der Waals surface area contributed by atoms with Crippen molar-refractivity contribution in [2.45, 2.75) is 25.4 Å². The van der Waals surface area contributed by atoms with Gasteiger partial charge in [-0.2, -0.15) is 13.2 Å². The molecule has 1 N–H and O–H groups in total. The molecular formula is C26H30F3N3O2. The van der Waals surface area contributed by atoms with E-state index in [2.05, 4.69) is 16.0 Å². The van der Waals surface area contributed by atoms with Crippen LogP contribution in [0.3, 0.4) is 0 Å². The third-order valence-corrected chi connectivity index (χ3v) is 6.45. The second kappa shape index (κ2) is 10.5. The van der Waals surface area contributed by atoms with Crippen LogP contribution in [0.4, 0.5) is 13.2 Å². The highest BCUT2D eigenvalue weighted by molar-refractivity contribution is 5.98. The van der Waals surface area contributed by atoms with E-state index in [4.69, 9.17) is 4.74 Å². The van der Waals surface area contributed by atoms with Gasteiger partial charge in [-0.05, 0) is 68.1 Å². The molecule has 3 aromatic rings. The molecule has 4 rings (SSSR count). The van der Waals surface area contributed by atoms with Crippen molar-refractivity contribution in [3.8, 4) is 5.75 Å². The van der Waals surface area contributed by atoms with Gasteiger partial charge in [-0.1, -0.05) is 30.3 Å². The number of amides is 1. The zero-order valence-electron chi connectivity index (χ0n) is 19.3. The van der Waals surface area contributed by atoms with Crippen molar-refractivity contribution in [3.63, 3.8) is 0 Å². The molecule has 34 heavy (non-hydrogen) atoms. The third kappa shape index (κ3) is 6.32. The number of rotatable bonds is 8. The van der Waals surface area contributed by atoms with Crippen LogP contribution < -0.4 is 4.74 Å². The normalized spacial score (nSPS) is 15.5. The van der Waals surface area contributed by atoms with Gasteiger partial charge >= 0.3 is 6.18 Å². The monoisotopic (exact) mass is 473 g/mol. The number of aromatic nitrogens is 1. The first-order valence-electron chi connectivity index (χ1n) is 11.6. The molecule has 5 nitrogen and oxygen atoms in total. The van der Waals surface area contributed by atoms with E-state index >= 15 is 0 Å². The summed E-state index contributed by atoms with van der Waals surface area (Å²) < 4.78 is 45.2. The lowest BCUT2D eigenvalue weighted by Gasteiger charge is -2.35. The molecule has 182 valence electrons. The van der Waals surface area contributed by atoms with E-state index in [1.165, 1.54) is 5.56 Å². The maximum absolute atomic E-state index is 13.3. The SMILES string of the molecule is COc1cccc(CCN2CCC(CN(CC(F)(F)F)C(=O)c3cc4ccccc4[nH]3)CC2)c1. The summed E-state index contributed by atoms with van der Waals surface area (Å²) in [4.78, 5) is 19.3. The number of alkyl halides is 3. The van der Waals surface area contributed by atoms with Crippen molar-refractivity contribution >= 4 is 16.8 Å². The van der Waals surface area contributed by atoms with Crippen molar-refractivity contribution in [3.05, 3.63) is 65.9 Å². The third-order valence-electron chi connectivity index (χ3n) is 6.45. The zero-order valence-corrected chi connectivity index (χ0v) is 19.3. The average Bonchev–Trinajstić information content (AvgIpc) is 3.26. The minimum Gasteiger partial charge on any atom is -0.497 e. The van der Waals surface area contributed by atoms with Gasteiger partial charge in [0.05, 0.1) is 7.11 Å². The second-order valence-electron chi connectivity index (χ2n) is 8.96. The number of ether oxygens (including phenoxy) is 1. The summed E-state index contributed by atoms with van der Waals surface area (Å²) in [6.45, 7) is 1.39. The molecule has 0 radical (unpaired) electrons. The van der Waals surface area contributed by atoms with Crippen LogP contribution in [0.25, 0.3) is 10.9 Å². The van der Waals surface area contributed by atoms with Crippen LogP contribution >= 0.6 is 0 Å². The van der Waals surface area contributed by atoms with Crippen LogP contribution in [0.15, 0.2) is 54.6 Å². The Bertz CT molecular complexity index is 1070. The molecule has 1 aliphatic heterocycles. The van der Waals surface area contributed by atoms with Gasteiger partial charge in [0.25, 0.3) is 5.91 Å². The zero-order chi connectivity index (χ0) is 24.1. The molecule has 1 amide bonds. The van der Waals surface area contributed by atoms with Crippen LogP contribution in [-0.4, -0.2) is 66.7 Å². The highest BCUT2D eigenvalue weighted by Crippen LogP contribution is 2.25. The van der Waals surface area contributed by atoms with Crippen LogP contribution in [-0.2, 0) is 6.42 Å². The van der Waals surface area contributed by atoms with Gasteiger partial charge in [0.15, 0.2) is 0 Å². The molecule has 0 saturated carbocycles. The first kappa shape index (κ1) is 24.1. The predicted molar refractivity (Wildman–Crippen MR) is 126 cm³/mol. The Kier molecular flexibility index (Phi) is 7.46. The Labute approximate surface area is 197 Å². The fourth-order valence-electron chi connectivity index (χ4n) is 4.61. The van der Waals surface area contributed by atoms with Gasteiger partial charge < -0.3 is 19.5 Å². The lowest BCUT2D eigenvalue weighted by Crippen LogP contribution is -2.44. The molecule has 0 unspecified atom stereocenters. The van der Waals surface area contributed by atoms with Gasteiger partial charge in [-0.3, -0.25) is 4.79 Å². The average molecular weight is 474 g/mol. The molecule has 1 saturated heterocycles. The van der Waals surface area contributed by atoms with E-state index in [0.717, 1.165) is 60.4 Å². The molecule has 0 aliphatic carbocycles. The first-order chi connectivity index (χ1) is 16.3. The van der Waals surface area contributed by atoms with Gasteiger partial charge in [-0.15, -0.1) is 0 Å². The van der Waals surface area contributed by atoms with Crippen molar-refractivity contribution in [1.29, 1.82) is 0 Å². The van der Waals surface area contributed by atoms with E-state index < -0.39 is 18.6 Å². The number of H-pyrrole nitrogens is 1. The van der Waals surface area contributed by atoms with Crippen LogP contribution in [0.2, 0.25) is 0 Å². The Morgan fingerprint density at radius 1 is 1.12 bits per heavy atom. The summed E-state index contributed by atoms with van der Waals surface area (Å²) in [6.07, 6.45) is -2.01. The Morgan fingerprint density at radius 2 is 1.88 bits per heavy atom. The molecular weight excluding hydrogens is 443 g/mol. The van der Waals surface area contributed by atoms with Crippen LogP contribution in [0.1, 0.15) is 28.9 Å². The summed E-state index contributed by atoms with van der Waals surface area (Å²) >= 11 is 0. The highest BCUT2D eigenvalue weighted by atomic mass is 19.4. The standard InChI is InChI=1S/C26H30F3N3O2/c1-34-22-7-4-5-19(15-22)9-12-31-13-10-20(11-14-31)17-32(18-26(27,28)29)25(33)24-16-21-6-2-3-8-23(21)30-24/h2-8,15-16,20,30H,9-14,17-18H2,1H3. The van der Waals surface area contributed by atoms with E-state index in [0.29, 0.717) is 0 Å². The first-order valence-corrected chi connectivity index (χ1v) is 11.6. The molecule has 1 aromatic heterocycles. The minimum atomic E-state index is -4.45. The Balaban J connectivity index is 1.34. The smallest absolute Gasteiger partial charge is 0.406 e. The van der Waals surface area contributed by atoms with Crippen LogP contribution in [0, 0.1) is 5.92 Å². The number of hydrogen-bond acceptors (Lipinski definition) is 3. The van der Waals surface area contributed by atoms with Gasteiger partial charge in [0, 0.05) is 24.0 Å². The molecule has 0 atom stereocenters. The number of methoxy groups -OCH3 is 1. The van der Waals surface area contributed by atoms with Crippen molar-refractivity contribution in [2.24, 2.45) is 5.92 Å². The maximum Gasteiger partial charge on any atom is 0.406 e. The number of para-hydroxylation sites is 1. The Hall–Kier alpha value is -3.00. The Morgan fingerprint density at radius 3 is 2.59 bits per heavy atom. The molecule has 2 heterocycles. The summed E-state index contributed by atoms with van der Waals surface area (Å²) in [7, 11) is 1.65. The molecule has 1 fully saturated rings. The van der Waals surface area contributed by atoms with E-state index in [1.54, 1.807) is 13.2 Å². The number of carbonyl (C=O) groups is 1. The quantitative estimate of drug-likeness (QED) is 0.493. The lowest BCUT2D eigenvalue weighted by molar-refractivity contribution is -0.142. The lowest BCUT2D eigenvalue weighted by atomic mass is 9.95. The number of aromatic amines is 1. The molecule has 0 bridgehead atoms. The van der Waals surface area contributed by atoms with Crippen molar-refractivity contribution in [2.75, 3.05) is 39.8 Å². The fraction of sp³-hybridized carbons (Fsp3) is 0.423. The number of piperidine rings is 1. The van der Waals surface area contributed by atoms with Crippen LogP contribution in [0.5, 0.6) is 5.75 Å². The van der Waals surface area contributed by atoms with Crippen molar-refractivity contribution in [1.82, 2.24) is 14.8 Å². The van der Waals surface area contributed by atoms with Crippen molar-refractivity contribution < 1.29 is 22.7 Å². The predicted octanol–water partition coefficient (Wildman–Crippen LogP) is 5.14. The summed E-state index contributed by atoms with van der Waals surface area (Å²) in [5.74, 6) is 0.276. The maximum atomic E-state index is 13.3. The van der Waals surface area contributed by atoms with E-state index in [-0.39, 0.29) is 18.2 Å². The van der Waals surface area contributed by atoms with Gasteiger partial charge in [0.1, 0.15) is 18.0 Å². The molecule has 2 aromatic carbocycles. The number of nitrogens with one attached hydrogen (secondary N) is 1. The van der Waals surface area contributed by atoms with E-state index in [9.17, 15) is 18.0 Å². The second-order valence-corrected chi connectivity index (χ2v) is 8.96. The number of halogens is 3. The number of fused-ring (bicyclic) bond motifs is 1. The fourth-order valence-corrected chi connectivity index (χ4v) is 4.61. The molecule has 0 spiro atoms. The summed E-state index contributed by atoms with van der Waals surface area (Å²) in [6, 6.07) is 16.9. The number of hydrogen-bond donors (Lipinski definition) is 1. The number of carbonyl (C=O) groups excluding carboxylic acids is 1. The topological polar surface area (TPSA) is 48.6 Å². The molecule has 1 aliphatic rings. The highest BCUT2D eigenvalue weighted by Gasteiger charge is 2.35. The van der Waals surface area contributed by atoms with Gasteiger partial charge in [-0.25, -0.2) is 0 Å². The summed E-state index contributed by atoms with van der Waals surface area (Å²) in [5.41, 5.74) is 2.13. The molecule has 8 heteroatoms. The number of likely N-dealkylation sites (tertiary alicyclic amines) is 1. The minimum absolute atomic E-state index is 0.0451. The van der Waals surface area contributed by atoms with E-state index in [1.807, 2.05) is 42.5 Å². The number of benzene rings is 2. The van der Waals surface area contributed by atoms with Gasteiger partial charge in [0.2, 0.25) is 0 Å².